The molecule has 0 aliphatic rings. The highest BCUT2D eigenvalue weighted by atomic mass is 16.1. The quantitative estimate of drug-likeness (QED) is 0.475. The molecule has 0 aliphatic carbocycles. The minimum absolute atomic E-state index is 0.181. The zero-order valence-corrected chi connectivity index (χ0v) is 14.4. The van der Waals surface area contributed by atoms with Gasteiger partial charge in [0.15, 0.2) is 0 Å². The summed E-state index contributed by atoms with van der Waals surface area (Å²) in [6.45, 7) is 6.93. The van der Waals surface area contributed by atoms with E-state index in [2.05, 4.69) is 12.2 Å². The number of rotatable bonds is 14. The molecule has 0 bridgehead atoms. The van der Waals surface area contributed by atoms with Gasteiger partial charge in [-0.1, -0.05) is 59.3 Å². The summed E-state index contributed by atoms with van der Waals surface area (Å²) in [5.41, 5.74) is 0. The molecule has 0 heterocycles. The molecular formula is C18H35NO2. The maximum Gasteiger partial charge on any atom is 0.219 e. The first-order valence-electron chi connectivity index (χ1n) is 8.87. The molecule has 0 radical (unpaired) electrons. The Labute approximate surface area is 131 Å². The summed E-state index contributed by atoms with van der Waals surface area (Å²) < 4.78 is 0. The van der Waals surface area contributed by atoms with Crippen molar-refractivity contribution in [2.45, 2.75) is 91.4 Å². The number of hydrogen-bond acceptors (Lipinski definition) is 2. The largest absolute Gasteiger partial charge is 0.356 e. The van der Waals surface area contributed by atoms with E-state index >= 15 is 0 Å². The number of hydrogen-bond donors (Lipinski definition) is 1. The highest BCUT2D eigenvalue weighted by Crippen LogP contribution is 2.10. The molecule has 3 heteroatoms. The maximum absolute atomic E-state index is 11.5. The van der Waals surface area contributed by atoms with Gasteiger partial charge in [0.25, 0.3) is 0 Å². The van der Waals surface area contributed by atoms with Crippen LogP contribution >= 0.6 is 0 Å². The lowest BCUT2D eigenvalue weighted by atomic mass is 10.0. The van der Waals surface area contributed by atoms with Gasteiger partial charge in [-0.3, -0.25) is 9.59 Å². The first-order chi connectivity index (χ1) is 10.1. The van der Waals surface area contributed by atoms with Crippen molar-refractivity contribution in [3.63, 3.8) is 0 Å². The molecule has 0 aromatic carbocycles. The number of unbranched alkanes of at least 4 members (excludes halogenated alkanes) is 7. The van der Waals surface area contributed by atoms with Gasteiger partial charge in [-0.2, -0.15) is 0 Å². The third-order valence-electron chi connectivity index (χ3n) is 3.82. The van der Waals surface area contributed by atoms with Gasteiger partial charge in [0, 0.05) is 25.3 Å². The molecule has 3 nitrogen and oxygen atoms in total. The normalized spacial score (nSPS) is 10.9. The molecule has 21 heavy (non-hydrogen) atoms. The second kappa shape index (κ2) is 14.1. The molecule has 0 aromatic rings. The molecule has 0 unspecified atom stereocenters. The van der Waals surface area contributed by atoms with Crippen LogP contribution in [0.3, 0.4) is 0 Å². The van der Waals surface area contributed by atoms with Crippen molar-refractivity contribution in [3.8, 4) is 0 Å². The SMILES string of the molecule is CCCCCNC(=O)CCCCCCCCC(=O)C(C)C. The van der Waals surface area contributed by atoms with E-state index in [0.29, 0.717) is 12.2 Å². The minimum atomic E-state index is 0.181. The summed E-state index contributed by atoms with van der Waals surface area (Å²) in [6, 6.07) is 0. The van der Waals surface area contributed by atoms with Crippen molar-refractivity contribution in [3.05, 3.63) is 0 Å². The van der Waals surface area contributed by atoms with Crippen molar-refractivity contribution < 1.29 is 9.59 Å². The van der Waals surface area contributed by atoms with Gasteiger partial charge in [0.2, 0.25) is 5.91 Å². The van der Waals surface area contributed by atoms with Crippen molar-refractivity contribution in [2.75, 3.05) is 6.54 Å². The predicted octanol–water partition coefficient (Wildman–Crippen LogP) is 4.64. The molecule has 0 atom stereocenters. The molecule has 0 fully saturated rings. The Hall–Kier alpha value is -0.860. The second-order valence-electron chi connectivity index (χ2n) is 6.30. The van der Waals surface area contributed by atoms with Gasteiger partial charge in [-0.25, -0.2) is 0 Å². The van der Waals surface area contributed by atoms with Gasteiger partial charge in [0.1, 0.15) is 5.78 Å². The number of nitrogens with one attached hydrogen (secondary N) is 1. The van der Waals surface area contributed by atoms with E-state index in [9.17, 15) is 9.59 Å². The molecule has 0 rings (SSSR count). The molecule has 0 aromatic heterocycles. The molecule has 0 aliphatic heterocycles. The van der Waals surface area contributed by atoms with Crippen LogP contribution in [0.5, 0.6) is 0 Å². The Morgan fingerprint density at radius 2 is 1.38 bits per heavy atom. The van der Waals surface area contributed by atoms with Crippen LogP contribution in [0.25, 0.3) is 0 Å². The van der Waals surface area contributed by atoms with Crippen LogP contribution in [0, 0.1) is 5.92 Å². The fourth-order valence-corrected chi connectivity index (χ4v) is 2.27. The molecule has 1 N–H and O–H groups in total. The second-order valence-corrected chi connectivity index (χ2v) is 6.30. The van der Waals surface area contributed by atoms with Crippen molar-refractivity contribution in [1.82, 2.24) is 5.32 Å². The highest BCUT2D eigenvalue weighted by Gasteiger charge is 2.06. The fourth-order valence-electron chi connectivity index (χ4n) is 2.27. The molecular weight excluding hydrogens is 262 g/mol. The minimum Gasteiger partial charge on any atom is -0.356 e. The van der Waals surface area contributed by atoms with Crippen LogP contribution in [0.15, 0.2) is 0 Å². The molecule has 124 valence electrons. The number of Topliss-reactive ketones (excluding diaryl/α,β-unsaturated/α-hetero) is 1. The summed E-state index contributed by atoms with van der Waals surface area (Å²) in [5.74, 6) is 0.768. The Kier molecular flexibility index (Phi) is 13.5. The lowest BCUT2D eigenvalue weighted by molar-refractivity contribution is -0.122. The number of amides is 1. The van der Waals surface area contributed by atoms with Gasteiger partial charge >= 0.3 is 0 Å². The maximum atomic E-state index is 11.5. The smallest absolute Gasteiger partial charge is 0.219 e. The summed E-state index contributed by atoms with van der Waals surface area (Å²) in [4.78, 5) is 23.0. The number of ketones is 1. The number of carbonyl (C=O) groups excluding carboxylic acids is 2. The summed E-state index contributed by atoms with van der Waals surface area (Å²) >= 11 is 0. The topological polar surface area (TPSA) is 46.2 Å². The zero-order valence-electron chi connectivity index (χ0n) is 14.4. The van der Waals surface area contributed by atoms with Crippen LogP contribution in [0.4, 0.5) is 0 Å². The van der Waals surface area contributed by atoms with Gasteiger partial charge in [-0.15, -0.1) is 0 Å². The first-order valence-corrected chi connectivity index (χ1v) is 8.87. The lowest BCUT2D eigenvalue weighted by Gasteiger charge is -2.05. The van der Waals surface area contributed by atoms with E-state index in [1.165, 1.54) is 25.7 Å². The van der Waals surface area contributed by atoms with Gasteiger partial charge < -0.3 is 5.32 Å². The Bertz CT molecular complexity index is 274. The van der Waals surface area contributed by atoms with E-state index in [0.717, 1.165) is 45.1 Å². The summed E-state index contributed by atoms with van der Waals surface area (Å²) in [7, 11) is 0. The van der Waals surface area contributed by atoms with Crippen molar-refractivity contribution in [1.29, 1.82) is 0 Å². The van der Waals surface area contributed by atoms with E-state index in [1.807, 2.05) is 13.8 Å². The first kappa shape index (κ1) is 20.1. The van der Waals surface area contributed by atoms with Crippen LogP contribution in [0.1, 0.15) is 91.4 Å². The molecule has 0 saturated carbocycles. The predicted molar refractivity (Wildman–Crippen MR) is 89.3 cm³/mol. The Morgan fingerprint density at radius 1 is 0.810 bits per heavy atom. The van der Waals surface area contributed by atoms with Crippen LogP contribution in [-0.4, -0.2) is 18.2 Å². The average molecular weight is 297 g/mol. The standard InChI is InChI=1S/C18H35NO2/c1-4-5-12-15-19-18(21)14-11-9-7-6-8-10-13-17(20)16(2)3/h16H,4-15H2,1-3H3,(H,19,21). The Morgan fingerprint density at radius 3 is 1.95 bits per heavy atom. The van der Waals surface area contributed by atoms with E-state index in [-0.39, 0.29) is 11.8 Å². The van der Waals surface area contributed by atoms with Crippen LogP contribution in [-0.2, 0) is 9.59 Å². The Balaban J connectivity index is 3.25. The van der Waals surface area contributed by atoms with E-state index in [1.54, 1.807) is 0 Å². The summed E-state index contributed by atoms with van der Waals surface area (Å²) in [5, 5.41) is 2.98. The van der Waals surface area contributed by atoms with Crippen molar-refractivity contribution in [2.24, 2.45) is 5.92 Å². The summed E-state index contributed by atoms with van der Waals surface area (Å²) in [6.07, 6.45) is 11.5. The zero-order chi connectivity index (χ0) is 15.9. The number of carbonyl (C=O) groups is 2. The third kappa shape index (κ3) is 13.9. The van der Waals surface area contributed by atoms with Gasteiger partial charge in [0.05, 0.1) is 0 Å². The van der Waals surface area contributed by atoms with E-state index < -0.39 is 0 Å². The molecule has 0 spiro atoms. The van der Waals surface area contributed by atoms with Crippen molar-refractivity contribution >= 4 is 11.7 Å². The van der Waals surface area contributed by atoms with Crippen LogP contribution in [0.2, 0.25) is 0 Å². The monoisotopic (exact) mass is 297 g/mol. The fraction of sp³-hybridized carbons (Fsp3) is 0.889. The lowest BCUT2D eigenvalue weighted by Crippen LogP contribution is -2.23. The molecule has 1 amide bonds. The van der Waals surface area contributed by atoms with Crippen LogP contribution < -0.4 is 5.32 Å². The third-order valence-corrected chi connectivity index (χ3v) is 3.82. The van der Waals surface area contributed by atoms with E-state index in [4.69, 9.17) is 0 Å². The average Bonchev–Trinajstić information content (AvgIpc) is 2.46. The van der Waals surface area contributed by atoms with Gasteiger partial charge in [-0.05, 0) is 19.3 Å². The highest BCUT2D eigenvalue weighted by molar-refractivity contribution is 5.80. The molecule has 0 saturated heterocycles.